The number of anilines is 2. The number of nitrogens with zero attached hydrogens (tertiary/aromatic N) is 2. The third-order valence-electron chi connectivity index (χ3n) is 6.17. The Hall–Kier alpha value is -3.60. The first-order chi connectivity index (χ1) is 17.0. The molecule has 4 heteroatoms. The molecular formula is C32H34N2O2. The molecule has 0 unspecified atom stereocenters. The predicted octanol–water partition coefficient (Wildman–Crippen LogP) is 8.59. The lowest BCUT2D eigenvalue weighted by molar-refractivity contribution is 0.102. The molecule has 4 rings (SSSR count). The lowest BCUT2D eigenvalue weighted by Gasteiger charge is -2.29. The lowest BCUT2D eigenvalue weighted by atomic mass is 9.87. The smallest absolute Gasteiger partial charge is 0.0674 e. The van der Waals surface area contributed by atoms with Crippen molar-refractivity contribution >= 4 is 11.4 Å². The standard InChI is InChI=1S/C32H34N2O2/c1-31(2,3)33(35)26-19-15-23(16-20-26)28-13-10-14-29(30(28)25-11-8-7-9-12-25)24-17-21-27(22-18-24)34(36)32(4,5)6/h7-22H,1-6H3. The number of hydrogen-bond donors (Lipinski definition) is 0. The van der Waals surface area contributed by atoms with E-state index in [4.69, 9.17) is 0 Å². The van der Waals surface area contributed by atoms with E-state index in [0.717, 1.165) is 43.5 Å². The van der Waals surface area contributed by atoms with Crippen molar-refractivity contribution < 1.29 is 10.4 Å². The van der Waals surface area contributed by atoms with Gasteiger partial charge in [0.2, 0.25) is 0 Å². The van der Waals surface area contributed by atoms with Gasteiger partial charge in [0.05, 0.1) is 22.5 Å². The summed E-state index contributed by atoms with van der Waals surface area (Å²) in [7, 11) is 0. The Balaban J connectivity index is 1.82. The summed E-state index contributed by atoms with van der Waals surface area (Å²) in [6, 6.07) is 32.2. The Morgan fingerprint density at radius 2 is 0.833 bits per heavy atom. The second kappa shape index (κ2) is 9.81. The fourth-order valence-electron chi connectivity index (χ4n) is 4.28. The van der Waals surface area contributed by atoms with Crippen molar-refractivity contribution in [2.45, 2.75) is 52.6 Å². The van der Waals surface area contributed by atoms with E-state index >= 15 is 0 Å². The molecule has 0 spiro atoms. The van der Waals surface area contributed by atoms with E-state index in [0.29, 0.717) is 11.4 Å². The molecule has 0 aliphatic heterocycles. The van der Waals surface area contributed by atoms with E-state index in [1.165, 1.54) is 0 Å². The molecule has 0 atom stereocenters. The third-order valence-corrected chi connectivity index (χ3v) is 6.17. The van der Waals surface area contributed by atoms with Crippen LogP contribution in [-0.4, -0.2) is 11.1 Å². The number of rotatable bonds is 5. The Morgan fingerprint density at radius 1 is 0.444 bits per heavy atom. The van der Waals surface area contributed by atoms with Crippen LogP contribution in [0.25, 0.3) is 33.4 Å². The molecule has 0 fully saturated rings. The molecule has 0 aliphatic carbocycles. The van der Waals surface area contributed by atoms with E-state index in [9.17, 15) is 10.4 Å². The van der Waals surface area contributed by atoms with E-state index in [-0.39, 0.29) is 0 Å². The zero-order chi connectivity index (χ0) is 26.1. The molecule has 36 heavy (non-hydrogen) atoms. The van der Waals surface area contributed by atoms with Crippen molar-refractivity contribution in [1.82, 2.24) is 0 Å². The van der Waals surface area contributed by atoms with Gasteiger partial charge in [-0.05, 0) is 99.2 Å². The highest BCUT2D eigenvalue weighted by Crippen LogP contribution is 2.41. The summed E-state index contributed by atoms with van der Waals surface area (Å²) in [4.78, 5) is 0. The van der Waals surface area contributed by atoms with Crippen LogP contribution in [-0.2, 0) is 10.4 Å². The van der Waals surface area contributed by atoms with Gasteiger partial charge >= 0.3 is 0 Å². The zero-order valence-corrected chi connectivity index (χ0v) is 21.9. The van der Waals surface area contributed by atoms with E-state index < -0.39 is 11.1 Å². The zero-order valence-electron chi connectivity index (χ0n) is 21.9. The van der Waals surface area contributed by atoms with Crippen molar-refractivity contribution in [3.05, 3.63) is 97.1 Å². The normalized spacial score (nSPS) is 11.9. The van der Waals surface area contributed by atoms with Crippen LogP contribution >= 0.6 is 0 Å². The largest absolute Gasteiger partial charge is 0.215 e. The Labute approximate surface area is 215 Å². The highest BCUT2D eigenvalue weighted by molar-refractivity contribution is 5.94. The summed E-state index contributed by atoms with van der Waals surface area (Å²) in [5.41, 5.74) is 6.74. The Morgan fingerprint density at radius 3 is 1.19 bits per heavy atom. The summed E-state index contributed by atoms with van der Waals surface area (Å²) in [5, 5.41) is 27.4. The van der Waals surface area contributed by atoms with Gasteiger partial charge in [-0.25, -0.2) is 10.1 Å². The van der Waals surface area contributed by atoms with Crippen molar-refractivity contribution in [3.63, 3.8) is 0 Å². The molecule has 4 nitrogen and oxygen atoms in total. The quantitative estimate of drug-likeness (QED) is 0.270. The van der Waals surface area contributed by atoms with Crippen LogP contribution in [0.5, 0.6) is 0 Å². The summed E-state index contributed by atoms with van der Waals surface area (Å²) in [5.74, 6) is 0. The molecule has 0 N–H and O–H groups in total. The molecule has 184 valence electrons. The summed E-state index contributed by atoms with van der Waals surface area (Å²) >= 11 is 0. The van der Waals surface area contributed by atoms with Crippen molar-refractivity contribution in [2.24, 2.45) is 0 Å². The van der Waals surface area contributed by atoms with Gasteiger partial charge in [-0.1, -0.05) is 83.2 Å². The molecule has 0 saturated heterocycles. The summed E-state index contributed by atoms with van der Waals surface area (Å²) in [6.45, 7) is 11.4. The van der Waals surface area contributed by atoms with E-state index in [1.807, 2.05) is 108 Å². The van der Waals surface area contributed by atoms with Gasteiger partial charge in [-0.2, -0.15) is 0 Å². The topological polar surface area (TPSA) is 46.3 Å². The SMILES string of the molecule is CC(C)(C)N([O])c1ccc(-c2cccc(-c3ccc(N([O])C(C)(C)C)cc3)c2-c2ccccc2)cc1. The fraction of sp³-hybridized carbons (Fsp3) is 0.250. The lowest BCUT2D eigenvalue weighted by Crippen LogP contribution is -2.37. The molecule has 0 heterocycles. The maximum Gasteiger partial charge on any atom is 0.0674 e. The predicted molar refractivity (Wildman–Crippen MR) is 149 cm³/mol. The highest BCUT2D eigenvalue weighted by atomic mass is 16.5. The maximum atomic E-state index is 12.7. The molecule has 0 amide bonds. The minimum Gasteiger partial charge on any atom is -0.215 e. The van der Waals surface area contributed by atoms with Gasteiger partial charge in [0.15, 0.2) is 0 Å². The summed E-state index contributed by atoms with van der Waals surface area (Å²) in [6.07, 6.45) is 0. The van der Waals surface area contributed by atoms with Crippen LogP contribution in [0.15, 0.2) is 97.1 Å². The van der Waals surface area contributed by atoms with Crippen LogP contribution in [0.3, 0.4) is 0 Å². The van der Waals surface area contributed by atoms with Gasteiger partial charge in [0, 0.05) is 0 Å². The average molecular weight is 479 g/mol. The number of hydrogen-bond acceptors (Lipinski definition) is 2. The van der Waals surface area contributed by atoms with Gasteiger partial charge in [-0.3, -0.25) is 0 Å². The second-order valence-electron chi connectivity index (χ2n) is 11.1. The number of hydroxylamine groups is 2. The highest BCUT2D eigenvalue weighted by Gasteiger charge is 2.23. The third kappa shape index (κ3) is 5.30. The van der Waals surface area contributed by atoms with Crippen LogP contribution in [0.1, 0.15) is 41.5 Å². The first-order valence-electron chi connectivity index (χ1n) is 12.3. The van der Waals surface area contributed by atoms with Crippen molar-refractivity contribution in [3.8, 4) is 33.4 Å². The minimum atomic E-state index is -0.505. The van der Waals surface area contributed by atoms with Crippen molar-refractivity contribution in [1.29, 1.82) is 0 Å². The first kappa shape index (κ1) is 25.5. The molecule has 0 aromatic heterocycles. The molecule has 4 aromatic rings. The molecule has 2 radical (unpaired) electrons. The Bertz CT molecular complexity index is 1220. The van der Waals surface area contributed by atoms with Gasteiger partial charge in [0.1, 0.15) is 0 Å². The van der Waals surface area contributed by atoms with E-state index in [2.05, 4.69) is 30.3 Å². The minimum absolute atomic E-state index is 0.505. The molecule has 0 bridgehead atoms. The van der Waals surface area contributed by atoms with Gasteiger partial charge < -0.3 is 0 Å². The number of benzene rings is 4. The molecular weight excluding hydrogens is 444 g/mol. The average Bonchev–Trinajstić information content (AvgIpc) is 2.87. The van der Waals surface area contributed by atoms with Gasteiger partial charge in [0.25, 0.3) is 0 Å². The fourth-order valence-corrected chi connectivity index (χ4v) is 4.28. The monoisotopic (exact) mass is 478 g/mol. The first-order valence-corrected chi connectivity index (χ1v) is 12.3. The van der Waals surface area contributed by atoms with E-state index in [1.54, 1.807) is 0 Å². The van der Waals surface area contributed by atoms with Gasteiger partial charge in [-0.15, -0.1) is 0 Å². The molecule has 0 saturated carbocycles. The van der Waals surface area contributed by atoms with Crippen LogP contribution in [0.2, 0.25) is 0 Å². The molecule has 0 aliphatic rings. The maximum absolute atomic E-state index is 12.7. The van der Waals surface area contributed by atoms with Crippen LogP contribution < -0.4 is 10.1 Å². The molecule has 4 aromatic carbocycles. The second-order valence-corrected chi connectivity index (χ2v) is 11.1. The Kier molecular flexibility index (Phi) is 6.94. The summed E-state index contributed by atoms with van der Waals surface area (Å²) < 4.78 is 0. The van der Waals surface area contributed by atoms with Crippen LogP contribution in [0, 0.1) is 0 Å². The van der Waals surface area contributed by atoms with Crippen LogP contribution in [0.4, 0.5) is 11.4 Å². The van der Waals surface area contributed by atoms with Crippen molar-refractivity contribution in [2.75, 3.05) is 10.1 Å².